The molecule has 0 saturated heterocycles. The summed E-state index contributed by atoms with van der Waals surface area (Å²) in [5, 5.41) is 6.91. The molecule has 3 aliphatic rings. The highest BCUT2D eigenvalue weighted by molar-refractivity contribution is 7.92. The highest BCUT2D eigenvalue weighted by Crippen LogP contribution is 2.47. The van der Waals surface area contributed by atoms with Crippen LogP contribution < -0.4 is 5.32 Å². The van der Waals surface area contributed by atoms with Gasteiger partial charge in [0.25, 0.3) is 0 Å². The third-order valence-corrected chi connectivity index (χ3v) is 9.26. The first-order valence-electron chi connectivity index (χ1n) is 11.5. The van der Waals surface area contributed by atoms with E-state index in [0.717, 1.165) is 43.2 Å². The molecule has 0 spiro atoms. The van der Waals surface area contributed by atoms with Gasteiger partial charge in [0, 0.05) is 32.2 Å². The zero-order chi connectivity index (χ0) is 22.5. The van der Waals surface area contributed by atoms with Crippen LogP contribution in [0.5, 0.6) is 0 Å². The molecule has 0 bridgehead atoms. The fourth-order valence-electron chi connectivity index (χ4n) is 4.83. The second-order valence-corrected chi connectivity index (χ2v) is 11.8. The highest BCUT2D eigenvalue weighted by Gasteiger charge is 2.41. The first kappa shape index (κ1) is 21.4. The zero-order valence-corrected chi connectivity index (χ0v) is 19.1. The van der Waals surface area contributed by atoms with Crippen molar-refractivity contribution in [1.29, 1.82) is 0 Å². The van der Waals surface area contributed by atoms with E-state index in [1.54, 1.807) is 36.1 Å². The number of nitrogens with zero attached hydrogens (tertiary/aromatic N) is 2. The Morgan fingerprint density at radius 3 is 2.56 bits per heavy atom. The average Bonchev–Trinajstić information content (AvgIpc) is 3.68. The second-order valence-electron chi connectivity index (χ2n) is 9.62. The van der Waals surface area contributed by atoms with E-state index in [1.165, 1.54) is 0 Å². The number of rotatable bonds is 8. The smallest absolute Gasteiger partial charge is 0.233 e. The van der Waals surface area contributed by atoms with E-state index in [4.69, 9.17) is 0 Å². The molecule has 2 aromatic rings. The van der Waals surface area contributed by atoms with Crippen LogP contribution in [-0.4, -0.2) is 35.1 Å². The molecule has 170 valence electrons. The minimum absolute atomic E-state index is 0.164. The summed E-state index contributed by atoms with van der Waals surface area (Å²) in [6.45, 7) is 0. The largest absolute Gasteiger partial charge is 0.309 e. The lowest BCUT2D eigenvalue weighted by Crippen LogP contribution is -2.24. The molecule has 2 atom stereocenters. The average molecular weight is 456 g/mol. The molecule has 3 fully saturated rings. The van der Waals surface area contributed by atoms with Crippen LogP contribution in [-0.2, 0) is 26.5 Å². The van der Waals surface area contributed by atoms with Crippen molar-refractivity contribution in [2.45, 2.75) is 73.3 Å². The van der Waals surface area contributed by atoms with Gasteiger partial charge in [-0.05, 0) is 67.6 Å². The lowest BCUT2D eigenvalue weighted by atomic mass is 9.86. The molecule has 5 rings (SSSR count). The van der Waals surface area contributed by atoms with Crippen molar-refractivity contribution >= 4 is 27.3 Å². The third-order valence-electron chi connectivity index (χ3n) is 6.92. The van der Waals surface area contributed by atoms with Gasteiger partial charge < -0.3 is 5.32 Å². The fraction of sp³-hybridized carbons (Fsp3) is 0.542. The standard InChI is InChI=1S/C24H29N3O4S/c1-27-11-10-23(26-27)25-24(29)21(13-15-2-6-18(28)12-15)17-5-9-22(20(14-17)16-3-4-16)32(30,31)19-7-8-19/h5,9-11,14-16,19,21H,2-4,6-8,12-13H2,1H3,(H,25,26,29)/t15-,21+/m0/s1. The van der Waals surface area contributed by atoms with E-state index in [-0.39, 0.29) is 28.8 Å². The van der Waals surface area contributed by atoms with Crippen LogP contribution >= 0.6 is 0 Å². The van der Waals surface area contributed by atoms with Crippen LogP contribution in [0.4, 0.5) is 5.82 Å². The molecule has 1 aromatic heterocycles. The van der Waals surface area contributed by atoms with E-state index in [2.05, 4.69) is 10.4 Å². The molecule has 3 aliphatic carbocycles. The molecule has 0 radical (unpaired) electrons. The van der Waals surface area contributed by atoms with E-state index >= 15 is 0 Å². The zero-order valence-electron chi connectivity index (χ0n) is 18.3. The number of Topliss-reactive ketones (excluding diaryl/α,β-unsaturated/α-hetero) is 1. The summed E-state index contributed by atoms with van der Waals surface area (Å²) in [7, 11) is -1.51. The van der Waals surface area contributed by atoms with Gasteiger partial charge in [-0.15, -0.1) is 0 Å². The molecule has 0 unspecified atom stereocenters. The number of aromatic nitrogens is 2. The lowest BCUT2D eigenvalue weighted by molar-refractivity contribution is -0.119. The van der Waals surface area contributed by atoms with Crippen LogP contribution in [0.15, 0.2) is 35.4 Å². The summed E-state index contributed by atoms with van der Waals surface area (Å²) >= 11 is 0. The molecular formula is C24H29N3O4S. The van der Waals surface area contributed by atoms with Crippen molar-refractivity contribution in [3.63, 3.8) is 0 Å². The van der Waals surface area contributed by atoms with Crippen LogP contribution in [0.25, 0.3) is 0 Å². The van der Waals surface area contributed by atoms with Gasteiger partial charge in [0.1, 0.15) is 5.78 Å². The minimum atomic E-state index is -3.30. The van der Waals surface area contributed by atoms with Gasteiger partial charge in [0.05, 0.1) is 16.1 Å². The number of sulfone groups is 1. The third kappa shape index (κ3) is 4.37. The number of nitrogens with one attached hydrogen (secondary N) is 1. The quantitative estimate of drug-likeness (QED) is 0.654. The maximum absolute atomic E-state index is 13.3. The minimum Gasteiger partial charge on any atom is -0.309 e. The number of hydrogen-bond donors (Lipinski definition) is 1. The summed E-state index contributed by atoms with van der Waals surface area (Å²) in [4.78, 5) is 25.6. The Labute approximate surface area is 188 Å². The first-order chi connectivity index (χ1) is 15.3. The number of amides is 1. The van der Waals surface area contributed by atoms with Crippen molar-refractivity contribution in [2.75, 3.05) is 5.32 Å². The van der Waals surface area contributed by atoms with Gasteiger partial charge in [0.2, 0.25) is 5.91 Å². The van der Waals surface area contributed by atoms with Crippen LogP contribution in [0, 0.1) is 5.92 Å². The number of anilines is 1. The lowest BCUT2D eigenvalue weighted by Gasteiger charge is -2.21. The molecule has 0 aliphatic heterocycles. The number of hydrogen-bond acceptors (Lipinski definition) is 5. The molecule has 8 heteroatoms. The van der Waals surface area contributed by atoms with Gasteiger partial charge in [-0.25, -0.2) is 8.42 Å². The van der Waals surface area contributed by atoms with Crippen molar-refractivity contribution < 1.29 is 18.0 Å². The molecule has 1 amide bonds. The van der Waals surface area contributed by atoms with Gasteiger partial charge in [-0.3, -0.25) is 14.3 Å². The fourth-order valence-corrected chi connectivity index (χ4v) is 6.76. The molecule has 1 aromatic carbocycles. The van der Waals surface area contributed by atoms with Gasteiger partial charge in [0.15, 0.2) is 15.7 Å². The summed E-state index contributed by atoms with van der Waals surface area (Å²) in [5.74, 6) is 0.543. The van der Waals surface area contributed by atoms with Gasteiger partial charge in [-0.1, -0.05) is 12.1 Å². The van der Waals surface area contributed by atoms with Crippen molar-refractivity contribution in [2.24, 2.45) is 13.0 Å². The monoisotopic (exact) mass is 455 g/mol. The Morgan fingerprint density at radius 2 is 1.97 bits per heavy atom. The maximum atomic E-state index is 13.3. The highest BCUT2D eigenvalue weighted by atomic mass is 32.2. The second kappa shape index (κ2) is 8.14. The maximum Gasteiger partial charge on any atom is 0.233 e. The molecular weight excluding hydrogens is 426 g/mol. The van der Waals surface area contributed by atoms with E-state index in [0.29, 0.717) is 30.0 Å². The topological polar surface area (TPSA) is 98.1 Å². The molecule has 1 heterocycles. The predicted molar refractivity (Wildman–Crippen MR) is 120 cm³/mol. The summed E-state index contributed by atoms with van der Waals surface area (Å²) in [6, 6.07) is 7.22. The predicted octanol–water partition coefficient (Wildman–Crippen LogP) is 3.72. The van der Waals surface area contributed by atoms with Crippen molar-refractivity contribution in [1.82, 2.24) is 9.78 Å². The van der Waals surface area contributed by atoms with E-state index in [1.807, 2.05) is 6.07 Å². The van der Waals surface area contributed by atoms with E-state index < -0.39 is 15.8 Å². The molecule has 3 saturated carbocycles. The number of carbonyl (C=O) groups is 2. The van der Waals surface area contributed by atoms with Crippen LogP contribution in [0.3, 0.4) is 0 Å². The Hall–Kier alpha value is -2.48. The van der Waals surface area contributed by atoms with Crippen LogP contribution in [0.2, 0.25) is 0 Å². The van der Waals surface area contributed by atoms with Gasteiger partial charge >= 0.3 is 0 Å². The van der Waals surface area contributed by atoms with Crippen LogP contribution in [0.1, 0.15) is 74.3 Å². The van der Waals surface area contributed by atoms with Crippen molar-refractivity contribution in [3.05, 3.63) is 41.6 Å². The number of benzene rings is 1. The Morgan fingerprint density at radius 1 is 1.19 bits per heavy atom. The molecule has 32 heavy (non-hydrogen) atoms. The van der Waals surface area contributed by atoms with Gasteiger partial charge in [-0.2, -0.15) is 5.10 Å². The van der Waals surface area contributed by atoms with Crippen molar-refractivity contribution in [3.8, 4) is 0 Å². The number of ketones is 1. The Bertz CT molecular complexity index is 1160. The first-order valence-corrected chi connectivity index (χ1v) is 13.1. The normalized spacial score (nSPS) is 22.2. The summed E-state index contributed by atoms with van der Waals surface area (Å²) in [5.41, 5.74) is 1.70. The number of aryl methyl sites for hydroxylation is 1. The number of carbonyl (C=O) groups excluding carboxylic acids is 2. The SMILES string of the molecule is Cn1ccc(NC(=O)[C@H](C[C@H]2CCC(=O)C2)c2ccc(S(=O)(=O)C3CC3)c(C3CC3)c2)n1. The summed E-state index contributed by atoms with van der Waals surface area (Å²) < 4.78 is 27.6. The molecule has 1 N–H and O–H groups in total. The Balaban J connectivity index is 1.47. The molecule has 7 nitrogen and oxygen atoms in total. The summed E-state index contributed by atoms with van der Waals surface area (Å²) in [6.07, 6.45) is 7.67. The Kier molecular flexibility index (Phi) is 5.43. The van der Waals surface area contributed by atoms with E-state index in [9.17, 15) is 18.0 Å².